The van der Waals surface area contributed by atoms with Crippen molar-refractivity contribution in [1.29, 1.82) is 0 Å². The molecule has 2 rings (SSSR count). The van der Waals surface area contributed by atoms with Gasteiger partial charge in [-0.3, -0.25) is 9.89 Å². The smallest absolute Gasteiger partial charge is 0.191 e. The third-order valence-electron chi connectivity index (χ3n) is 5.60. The molecular formula is C19H39N5. The van der Waals surface area contributed by atoms with Crippen molar-refractivity contribution in [2.24, 2.45) is 16.8 Å². The molecule has 140 valence electrons. The first-order valence-corrected chi connectivity index (χ1v) is 10.0. The molecule has 0 spiro atoms. The first kappa shape index (κ1) is 19.5. The predicted octanol–water partition coefficient (Wildman–Crippen LogP) is 2.00. The number of nitrogens with one attached hydrogen (secondary N) is 2. The Bertz CT molecular complexity index is 387. The second kappa shape index (κ2) is 9.62. The van der Waals surface area contributed by atoms with E-state index in [4.69, 9.17) is 4.99 Å². The molecule has 2 aliphatic rings. The molecule has 2 unspecified atom stereocenters. The van der Waals surface area contributed by atoms with Gasteiger partial charge in [0.15, 0.2) is 5.96 Å². The number of hydrogen-bond acceptors (Lipinski definition) is 3. The molecule has 2 saturated heterocycles. The molecule has 0 bridgehead atoms. The predicted molar refractivity (Wildman–Crippen MR) is 104 cm³/mol. The highest BCUT2D eigenvalue weighted by molar-refractivity contribution is 5.80. The lowest BCUT2D eigenvalue weighted by atomic mass is 9.99. The molecule has 0 aromatic heterocycles. The summed E-state index contributed by atoms with van der Waals surface area (Å²) in [5.74, 6) is 2.56. The fraction of sp³-hybridized carbons (Fsp3) is 0.947. The van der Waals surface area contributed by atoms with Crippen molar-refractivity contribution in [3.63, 3.8) is 0 Å². The Hall–Kier alpha value is -0.810. The summed E-state index contributed by atoms with van der Waals surface area (Å²) in [6, 6.07) is 1.13. The zero-order chi connectivity index (χ0) is 17.5. The van der Waals surface area contributed by atoms with E-state index in [2.05, 4.69) is 55.1 Å². The summed E-state index contributed by atoms with van der Waals surface area (Å²) >= 11 is 0. The summed E-state index contributed by atoms with van der Waals surface area (Å²) in [6.07, 6.45) is 2.68. The Labute approximate surface area is 149 Å². The van der Waals surface area contributed by atoms with Crippen LogP contribution in [-0.4, -0.2) is 73.7 Å². The number of piperidine rings is 1. The Morgan fingerprint density at radius 2 is 1.88 bits per heavy atom. The highest BCUT2D eigenvalue weighted by Crippen LogP contribution is 2.18. The largest absolute Gasteiger partial charge is 0.357 e. The Morgan fingerprint density at radius 1 is 1.17 bits per heavy atom. The zero-order valence-electron chi connectivity index (χ0n) is 16.5. The third-order valence-corrected chi connectivity index (χ3v) is 5.60. The molecule has 5 nitrogen and oxygen atoms in total. The summed E-state index contributed by atoms with van der Waals surface area (Å²) in [7, 11) is 0. The van der Waals surface area contributed by atoms with Crippen molar-refractivity contribution in [2.45, 2.75) is 59.5 Å². The first-order chi connectivity index (χ1) is 11.5. The molecule has 24 heavy (non-hydrogen) atoms. The van der Waals surface area contributed by atoms with Crippen molar-refractivity contribution in [1.82, 2.24) is 20.4 Å². The van der Waals surface area contributed by atoms with Crippen molar-refractivity contribution in [2.75, 3.05) is 45.8 Å². The van der Waals surface area contributed by atoms with Gasteiger partial charge >= 0.3 is 0 Å². The Kier molecular flexibility index (Phi) is 7.82. The molecule has 5 heteroatoms. The highest BCUT2D eigenvalue weighted by atomic mass is 15.3. The summed E-state index contributed by atoms with van der Waals surface area (Å²) in [5, 5.41) is 7.10. The van der Waals surface area contributed by atoms with Crippen LogP contribution >= 0.6 is 0 Å². The van der Waals surface area contributed by atoms with Gasteiger partial charge in [-0.15, -0.1) is 0 Å². The molecule has 0 aromatic rings. The molecule has 2 fully saturated rings. The first-order valence-electron chi connectivity index (χ1n) is 10.0. The van der Waals surface area contributed by atoms with Crippen LogP contribution in [0.15, 0.2) is 4.99 Å². The standard InChI is InChI=1S/C19H39N5/c1-6-20-19(21-9-12-23-10-7-16(4)8-11-23)22-18-14-24(15(2)3)13-17(18)5/h15-18H,6-14H2,1-5H3,(H2,20,21,22). The van der Waals surface area contributed by atoms with E-state index >= 15 is 0 Å². The summed E-state index contributed by atoms with van der Waals surface area (Å²) in [5.41, 5.74) is 0. The van der Waals surface area contributed by atoms with Crippen LogP contribution in [-0.2, 0) is 0 Å². The lowest BCUT2D eigenvalue weighted by Gasteiger charge is -2.29. The van der Waals surface area contributed by atoms with Gasteiger partial charge in [0.25, 0.3) is 0 Å². The summed E-state index contributed by atoms with van der Waals surface area (Å²) < 4.78 is 0. The maximum absolute atomic E-state index is 4.83. The number of hydrogen-bond donors (Lipinski definition) is 2. The van der Waals surface area contributed by atoms with Gasteiger partial charge in [-0.2, -0.15) is 0 Å². The quantitative estimate of drug-likeness (QED) is 0.575. The third kappa shape index (κ3) is 5.92. The van der Waals surface area contributed by atoms with Crippen molar-refractivity contribution in [3.8, 4) is 0 Å². The van der Waals surface area contributed by atoms with Gasteiger partial charge in [0.1, 0.15) is 0 Å². The molecule has 0 aliphatic carbocycles. The van der Waals surface area contributed by atoms with Crippen LogP contribution in [0.1, 0.15) is 47.5 Å². The minimum absolute atomic E-state index is 0.501. The minimum atomic E-state index is 0.501. The van der Waals surface area contributed by atoms with Crippen LogP contribution in [0.3, 0.4) is 0 Å². The second-order valence-corrected chi connectivity index (χ2v) is 8.06. The molecule has 2 atom stereocenters. The number of rotatable bonds is 6. The van der Waals surface area contributed by atoms with E-state index in [1.165, 1.54) is 32.5 Å². The number of aliphatic imine (C=N–C) groups is 1. The lowest BCUT2D eigenvalue weighted by Crippen LogP contribution is -2.47. The van der Waals surface area contributed by atoms with Crippen molar-refractivity contribution >= 4 is 5.96 Å². The number of nitrogens with zero attached hydrogens (tertiary/aromatic N) is 3. The van der Waals surface area contributed by atoms with Crippen LogP contribution in [0.2, 0.25) is 0 Å². The lowest BCUT2D eigenvalue weighted by molar-refractivity contribution is 0.197. The van der Waals surface area contributed by atoms with Crippen LogP contribution in [0.5, 0.6) is 0 Å². The molecule has 0 aromatic carbocycles. The second-order valence-electron chi connectivity index (χ2n) is 8.06. The van der Waals surface area contributed by atoms with Gasteiger partial charge < -0.3 is 15.5 Å². The van der Waals surface area contributed by atoms with E-state index in [0.29, 0.717) is 18.0 Å². The van der Waals surface area contributed by atoms with E-state index < -0.39 is 0 Å². The fourth-order valence-electron chi connectivity index (χ4n) is 3.70. The Morgan fingerprint density at radius 3 is 2.46 bits per heavy atom. The van der Waals surface area contributed by atoms with Gasteiger partial charge in [0.05, 0.1) is 6.54 Å². The molecule has 2 heterocycles. The van der Waals surface area contributed by atoms with Crippen LogP contribution in [0.25, 0.3) is 0 Å². The van der Waals surface area contributed by atoms with Crippen LogP contribution in [0.4, 0.5) is 0 Å². The maximum atomic E-state index is 4.83. The van der Waals surface area contributed by atoms with Gasteiger partial charge in [0, 0.05) is 38.3 Å². The number of guanidine groups is 1. The van der Waals surface area contributed by atoms with E-state index in [1.54, 1.807) is 0 Å². The number of likely N-dealkylation sites (tertiary alicyclic amines) is 2. The van der Waals surface area contributed by atoms with Gasteiger partial charge in [0.2, 0.25) is 0 Å². The molecule has 0 saturated carbocycles. The van der Waals surface area contributed by atoms with E-state index in [0.717, 1.165) is 38.1 Å². The highest BCUT2D eigenvalue weighted by Gasteiger charge is 2.31. The van der Waals surface area contributed by atoms with Crippen LogP contribution < -0.4 is 10.6 Å². The van der Waals surface area contributed by atoms with Gasteiger partial charge in [-0.25, -0.2) is 0 Å². The normalized spacial score (nSPS) is 27.8. The van der Waals surface area contributed by atoms with Crippen molar-refractivity contribution in [3.05, 3.63) is 0 Å². The molecule has 2 aliphatic heterocycles. The van der Waals surface area contributed by atoms with Gasteiger partial charge in [-0.05, 0) is 58.5 Å². The summed E-state index contributed by atoms with van der Waals surface area (Å²) in [6.45, 7) is 19.1. The van der Waals surface area contributed by atoms with Crippen molar-refractivity contribution < 1.29 is 0 Å². The topological polar surface area (TPSA) is 42.9 Å². The summed E-state index contributed by atoms with van der Waals surface area (Å²) in [4.78, 5) is 9.95. The average Bonchev–Trinajstić information content (AvgIpc) is 2.91. The fourth-order valence-corrected chi connectivity index (χ4v) is 3.70. The molecular weight excluding hydrogens is 298 g/mol. The van der Waals surface area contributed by atoms with E-state index in [1.807, 2.05) is 0 Å². The molecule has 0 radical (unpaired) electrons. The SMILES string of the molecule is CCNC(=NCCN1CCC(C)CC1)NC1CN(C(C)C)CC1C. The molecule has 0 amide bonds. The van der Waals surface area contributed by atoms with Gasteiger partial charge in [-0.1, -0.05) is 13.8 Å². The maximum Gasteiger partial charge on any atom is 0.191 e. The monoisotopic (exact) mass is 337 g/mol. The zero-order valence-corrected chi connectivity index (χ0v) is 16.5. The van der Waals surface area contributed by atoms with E-state index in [9.17, 15) is 0 Å². The van der Waals surface area contributed by atoms with Crippen LogP contribution in [0, 0.1) is 11.8 Å². The molecule has 2 N–H and O–H groups in total. The Balaban J connectivity index is 1.80. The average molecular weight is 338 g/mol. The van der Waals surface area contributed by atoms with E-state index in [-0.39, 0.29) is 0 Å². The minimum Gasteiger partial charge on any atom is -0.357 e.